The zero-order valence-corrected chi connectivity index (χ0v) is 21.0. The highest BCUT2D eigenvalue weighted by Gasteiger charge is 2.43. The van der Waals surface area contributed by atoms with Gasteiger partial charge in [-0.2, -0.15) is 0 Å². The van der Waals surface area contributed by atoms with Gasteiger partial charge in [0.15, 0.2) is 5.96 Å². The summed E-state index contributed by atoms with van der Waals surface area (Å²) in [5, 5.41) is 3.57. The summed E-state index contributed by atoms with van der Waals surface area (Å²) in [5.74, 6) is 2.05. The molecule has 1 saturated carbocycles. The van der Waals surface area contributed by atoms with E-state index in [0.717, 1.165) is 57.4 Å². The van der Waals surface area contributed by atoms with Crippen molar-refractivity contribution in [3.8, 4) is 5.75 Å². The number of hydrogen-bond acceptors (Lipinski definition) is 3. The number of guanidine groups is 1. The molecule has 0 aromatic heterocycles. The van der Waals surface area contributed by atoms with Crippen LogP contribution in [0, 0.1) is 5.41 Å². The zero-order chi connectivity index (χ0) is 20.2. The van der Waals surface area contributed by atoms with Gasteiger partial charge < -0.3 is 19.7 Å². The Morgan fingerprint density at radius 1 is 1.10 bits per heavy atom. The molecule has 5 nitrogen and oxygen atoms in total. The van der Waals surface area contributed by atoms with Crippen molar-refractivity contribution in [3.63, 3.8) is 0 Å². The molecule has 0 amide bonds. The molecule has 1 aromatic rings. The maximum Gasteiger partial charge on any atom is 0.193 e. The van der Waals surface area contributed by atoms with E-state index >= 15 is 0 Å². The molecule has 3 aliphatic rings. The number of likely N-dealkylation sites (tertiary alicyclic amines) is 1. The van der Waals surface area contributed by atoms with E-state index in [4.69, 9.17) is 14.5 Å². The summed E-state index contributed by atoms with van der Waals surface area (Å²) in [6, 6.07) is 8.67. The van der Waals surface area contributed by atoms with E-state index in [9.17, 15) is 0 Å². The van der Waals surface area contributed by atoms with Crippen LogP contribution in [0.25, 0.3) is 0 Å². The molecule has 1 aliphatic carbocycles. The minimum absolute atomic E-state index is 0. The Bertz CT molecular complexity index is 697. The van der Waals surface area contributed by atoms with Crippen molar-refractivity contribution in [1.82, 2.24) is 10.2 Å². The summed E-state index contributed by atoms with van der Waals surface area (Å²) in [6.45, 7) is 10.6. The number of halogens is 1. The third-order valence-corrected chi connectivity index (χ3v) is 7.25. The van der Waals surface area contributed by atoms with E-state index in [1.54, 1.807) is 0 Å². The second-order valence-corrected chi connectivity index (χ2v) is 9.05. The maximum absolute atomic E-state index is 5.71. The molecule has 0 radical (unpaired) electrons. The number of nitrogens with one attached hydrogen (secondary N) is 1. The van der Waals surface area contributed by atoms with Crippen LogP contribution in [0.15, 0.2) is 29.3 Å². The average Bonchev–Trinajstić information content (AvgIpc) is 3.19. The van der Waals surface area contributed by atoms with Gasteiger partial charge in [0.2, 0.25) is 0 Å². The van der Waals surface area contributed by atoms with Gasteiger partial charge in [0, 0.05) is 38.3 Å². The topological polar surface area (TPSA) is 46.1 Å². The van der Waals surface area contributed by atoms with Crippen LogP contribution in [-0.2, 0) is 10.2 Å². The smallest absolute Gasteiger partial charge is 0.193 e. The summed E-state index contributed by atoms with van der Waals surface area (Å²) in [6.07, 6.45) is 7.58. The Balaban J connectivity index is 0.00000256. The zero-order valence-electron chi connectivity index (χ0n) is 18.6. The van der Waals surface area contributed by atoms with Gasteiger partial charge >= 0.3 is 0 Å². The first kappa shape index (κ1) is 23.6. The summed E-state index contributed by atoms with van der Waals surface area (Å²) in [7, 11) is 0. The fourth-order valence-electron chi connectivity index (χ4n) is 5.22. The van der Waals surface area contributed by atoms with E-state index in [1.165, 1.54) is 37.8 Å². The number of hydrogen-bond donors (Lipinski definition) is 1. The summed E-state index contributed by atoms with van der Waals surface area (Å²) in [4.78, 5) is 7.70. The van der Waals surface area contributed by atoms with Crippen molar-refractivity contribution < 1.29 is 9.47 Å². The van der Waals surface area contributed by atoms with Crippen LogP contribution in [0.2, 0.25) is 0 Å². The quantitative estimate of drug-likeness (QED) is 0.334. The predicted molar refractivity (Wildman–Crippen MR) is 133 cm³/mol. The standard InChI is InChI=1S/C24H37N3O2.HI/c1-3-25-22(27-15-12-23(19-27)10-5-11-23)26-18-24(13-16-28-17-14-24)20-6-8-21(9-7-20)29-4-2;/h6-9H,3-5,10-19H2,1-2H3,(H,25,26);1H. The van der Waals surface area contributed by atoms with Crippen LogP contribution in [-0.4, -0.2) is 56.9 Å². The van der Waals surface area contributed by atoms with Gasteiger partial charge in [0.25, 0.3) is 0 Å². The van der Waals surface area contributed by atoms with Gasteiger partial charge in [-0.25, -0.2) is 0 Å². The molecule has 3 fully saturated rings. The lowest BCUT2D eigenvalue weighted by molar-refractivity contribution is 0.0530. The number of aliphatic imine (C=N–C) groups is 1. The first-order valence-corrected chi connectivity index (χ1v) is 11.5. The normalized spacial score (nSPS) is 22.3. The number of nitrogens with zero attached hydrogens (tertiary/aromatic N) is 2. The van der Waals surface area contributed by atoms with Crippen LogP contribution in [0.1, 0.15) is 57.9 Å². The number of ether oxygens (including phenoxy) is 2. The van der Waals surface area contributed by atoms with Crippen LogP contribution in [0.5, 0.6) is 5.75 Å². The van der Waals surface area contributed by atoms with Gasteiger partial charge in [-0.1, -0.05) is 18.6 Å². The molecule has 2 aliphatic heterocycles. The van der Waals surface area contributed by atoms with Crippen LogP contribution in [0.4, 0.5) is 0 Å². The van der Waals surface area contributed by atoms with Gasteiger partial charge in [0.05, 0.1) is 13.2 Å². The SMILES string of the molecule is CCNC(=NCC1(c2ccc(OCC)cc2)CCOCC1)N1CCC2(CCC2)C1.I. The van der Waals surface area contributed by atoms with Crippen molar-refractivity contribution in [3.05, 3.63) is 29.8 Å². The third kappa shape index (κ3) is 5.06. The molecule has 1 spiro atoms. The van der Waals surface area contributed by atoms with Crippen molar-refractivity contribution in [2.75, 3.05) is 46.0 Å². The molecule has 2 heterocycles. The molecule has 6 heteroatoms. The fourth-order valence-corrected chi connectivity index (χ4v) is 5.22. The number of rotatable bonds is 6. The van der Waals surface area contributed by atoms with Gasteiger partial charge in [-0.05, 0) is 69.1 Å². The molecular formula is C24H38IN3O2. The van der Waals surface area contributed by atoms with Crippen molar-refractivity contribution in [2.45, 2.75) is 57.8 Å². The van der Waals surface area contributed by atoms with Crippen molar-refractivity contribution in [1.29, 1.82) is 0 Å². The van der Waals surface area contributed by atoms with E-state index in [-0.39, 0.29) is 29.4 Å². The fraction of sp³-hybridized carbons (Fsp3) is 0.708. The Labute approximate surface area is 199 Å². The Morgan fingerprint density at radius 3 is 2.40 bits per heavy atom. The van der Waals surface area contributed by atoms with E-state index in [0.29, 0.717) is 12.0 Å². The Hall–Kier alpha value is -1.02. The molecule has 0 bridgehead atoms. The summed E-state index contributed by atoms with van der Waals surface area (Å²) in [5.41, 5.74) is 2.00. The molecule has 0 atom stereocenters. The van der Waals surface area contributed by atoms with Gasteiger partial charge in [0.1, 0.15) is 5.75 Å². The first-order valence-electron chi connectivity index (χ1n) is 11.5. The number of benzene rings is 1. The lowest BCUT2D eigenvalue weighted by Crippen LogP contribution is -2.44. The molecule has 4 rings (SSSR count). The molecule has 0 unspecified atom stereocenters. The monoisotopic (exact) mass is 527 g/mol. The molecule has 2 saturated heterocycles. The summed E-state index contributed by atoms with van der Waals surface area (Å²) >= 11 is 0. The average molecular weight is 527 g/mol. The lowest BCUT2D eigenvalue weighted by Gasteiger charge is -2.39. The molecule has 30 heavy (non-hydrogen) atoms. The van der Waals surface area contributed by atoms with Crippen molar-refractivity contribution >= 4 is 29.9 Å². The highest BCUT2D eigenvalue weighted by molar-refractivity contribution is 14.0. The van der Waals surface area contributed by atoms with E-state index in [1.807, 2.05) is 6.92 Å². The minimum atomic E-state index is 0. The molecular weight excluding hydrogens is 489 g/mol. The Kier molecular flexibility index (Phi) is 8.30. The minimum Gasteiger partial charge on any atom is -0.494 e. The molecule has 1 aromatic carbocycles. The van der Waals surface area contributed by atoms with Gasteiger partial charge in [-0.3, -0.25) is 4.99 Å². The summed E-state index contributed by atoms with van der Waals surface area (Å²) < 4.78 is 11.4. The lowest BCUT2D eigenvalue weighted by atomic mass is 9.68. The van der Waals surface area contributed by atoms with Gasteiger partial charge in [-0.15, -0.1) is 24.0 Å². The van der Waals surface area contributed by atoms with Crippen LogP contribution in [0.3, 0.4) is 0 Å². The Morgan fingerprint density at radius 2 is 1.83 bits per heavy atom. The highest BCUT2D eigenvalue weighted by Crippen LogP contribution is 2.48. The maximum atomic E-state index is 5.71. The first-order chi connectivity index (χ1) is 14.2. The van der Waals surface area contributed by atoms with E-state index in [2.05, 4.69) is 41.4 Å². The van der Waals surface area contributed by atoms with E-state index < -0.39 is 0 Å². The van der Waals surface area contributed by atoms with Crippen LogP contribution < -0.4 is 10.1 Å². The van der Waals surface area contributed by atoms with Crippen LogP contribution >= 0.6 is 24.0 Å². The molecule has 1 N–H and O–H groups in total. The second kappa shape index (κ2) is 10.5. The second-order valence-electron chi connectivity index (χ2n) is 9.05. The highest BCUT2D eigenvalue weighted by atomic mass is 127. The third-order valence-electron chi connectivity index (χ3n) is 7.25. The molecule has 168 valence electrons. The largest absolute Gasteiger partial charge is 0.494 e. The predicted octanol–water partition coefficient (Wildman–Crippen LogP) is 4.59. The van der Waals surface area contributed by atoms with Crippen molar-refractivity contribution in [2.24, 2.45) is 10.4 Å².